The first-order valence-electron chi connectivity index (χ1n) is 5.79. The molecule has 0 heterocycles. The molecule has 2 rings (SSSR count). The number of hydrogen-bond acceptors (Lipinski definition) is 2. The van der Waals surface area contributed by atoms with Crippen LogP contribution < -0.4 is 0 Å². The third kappa shape index (κ3) is 2.73. The van der Waals surface area contributed by atoms with E-state index in [1.807, 2.05) is 0 Å². The number of phenolic OH excluding ortho intramolecular Hbond substituents is 1. The van der Waals surface area contributed by atoms with Crippen LogP contribution in [0.2, 0.25) is 0 Å². The molecule has 0 atom stereocenters. The number of nitrogens with zero attached hydrogens (tertiary/aromatic N) is 1. The fraction of sp³-hybridized carbons (Fsp3) is 0.133. The van der Waals surface area contributed by atoms with Gasteiger partial charge in [0.1, 0.15) is 11.6 Å². The van der Waals surface area contributed by atoms with Crippen LogP contribution in [-0.4, -0.2) is 30.0 Å². The van der Waals surface area contributed by atoms with Crippen molar-refractivity contribution < 1.29 is 14.3 Å². The van der Waals surface area contributed by atoms with Crippen molar-refractivity contribution in [3.63, 3.8) is 0 Å². The standard InChI is InChI=1S/C15H14FNO2/c1-17(2)15(19)13-9-11(5-8-14(13)18)10-3-6-12(16)7-4-10/h3-9,18H,1-2H3. The van der Waals surface area contributed by atoms with Gasteiger partial charge in [0.05, 0.1) is 5.56 Å². The minimum absolute atomic E-state index is 0.0652. The third-order valence-electron chi connectivity index (χ3n) is 2.81. The average Bonchev–Trinajstić information content (AvgIpc) is 2.39. The van der Waals surface area contributed by atoms with Gasteiger partial charge in [-0.05, 0) is 35.4 Å². The molecule has 1 amide bonds. The minimum atomic E-state index is -0.313. The second kappa shape index (κ2) is 5.10. The highest BCUT2D eigenvalue weighted by Crippen LogP contribution is 2.26. The molecule has 0 aliphatic heterocycles. The van der Waals surface area contributed by atoms with Gasteiger partial charge in [0, 0.05) is 14.1 Å². The van der Waals surface area contributed by atoms with Crippen LogP contribution in [0.4, 0.5) is 4.39 Å². The summed E-state index contributed by atoms with van der Waals surface area (Å²) in [5.41, 5.74) is 1.77. The topological polar surface area (TPSA) is 40.5 Å². The predicted molar refractivity (Wildman–Crippen MR) is 71.5 cm³/mol. The molecule has 0 aliphatic carbocycles. The molecule has 0 fully saturated rings. The van der Waals surface area contributed by atoms with Crippen LogP contribution in [0.5, 0.6) is 5.75 Å². The Morgan fingerprint density at radius 1 is 1.05 bits per heavy atom. The molecule has 19 heavy (non-hydrogen) atoms. The smallest absolute Gasteiger partial charge is 0.257 e. The van der Waals surface area contributed by atoms with Gasteiger partial charge in [-0.15, -0.1) is 0 Å². The lowest BCUT2D eigenvalue weighted by Crippen LogP contribution is -2.21. The number of aromatic hydroxyl groups is 1. The fourth-order valence-corrected chi connectivity index (χ4v) is 1.77. The number of hydrogen-bond donors (Lipinski definition) is 1. The molecule has 3 nitrogen and oxygen atoms in total. The van der Waals surface area contributed by atoms with Crippen LogP contribution in [0.25, 0.3) is 11.1 Å². The van der Waals surface area contributed by atoms with Gasteiger partial charge in [-0.25, -0.2) is 4.39 Å². The molecular weight excluding hydrogens is 245 g/mol. The molecule has 0 radical (unpaired) electrons. The molecular formula is C15H14FNO2. The fourth-order valence-electron chi connectivity index (χ4n) is 1.77. The summed E-state index contributed by atoms with van der Waals surface area (Å²) < 4.78 is 12.9. The van der Waals surface area contributed by atoms with E-state index in [4.69, 9.17) is 0 Å². The monoisotopic (exact) mass is 259 g/mol. The number of benzene rings is 2. The van der Waals surface area contributed by atoms with Crippen molar-refractivity contribution in [1.82, 2.24) is 4.90 Å². The molecule has 0 unspecified atom stereocenters. The number of carbonyl (C=O) groups excluding carboxylic acids is 1. The number of carbonyl (C=O) groups is 1. The highest BCUT2D eigenvalue weighted by molar-refractivity contribution is 5.97. The molecule has 0 aliphatic rings. The summed E-state index contributed by atoms with van der Waals surface area (Å²) in [4.78, 5) is 13.3. The highest BCUT2D eigenvalue weighted by Gasteiger charge is 2.14. The summed E-state index contributed by atoms with van der Waals surface area (Å²) in [6.45, 7) is 0. The zero-order valence-corrected chi connectivity index (χ0v) is 10.7. The lowest BCUT2D eigenvalue weighted by atomic mass is 10.0. The van der Waals surface area contributed by atoms with E-state index in [2.05, 4.69) is 0 Å². The van der Waals surface area contributed by atoms with Crippen LogP contribution in [0.15, 0.2) is 42.5 Å². The first kappa shape index (κ1) is 13.1. The largest absolute Gasteiger partial charge is 0.507 e. The van der Waals surface area contributed by atoms with Crippen LogP contribution in [-0.2, 0) is 0 Å². The molecule has 2 aromatic carbocycles. The number of rotatable bonds is 2. The van der Waals surface area contributed by atoms with Crippen molar-refractivity contribution in [2.24, 2.45) is 0 Å². The summed E-state index contributed by atoms with van der Waals surface area (Å²) >= 11 is 0. The van der Waals surface area contributed by atoms with Gasteiger partial charge >= 0.3 is 0 Å². The lowest BCUT2D eigenvalue weighted by Gasteiger charge is -2.12. The van der Waals surface area contributed by atoms with Gasteiger partial charge in [0.25, 0.3) is 5.91 Å². The highest BCUT2D eigenvalue weighted by atomic mass is 19.1. The van der Waals surface area contributed by atoms with Gasteiger partial charge < -0.3 is 10.0 Å². The van der Waals surface area contributed by atoms with Gasteiger partial charge in [0.15, 0.2) is 0 Å². The van der Waals surface area contributed by atoms with Crippen LogP contribution in [0.3, 0.4) is 0 Å². The zero-order valence-electron chi connectivity index (χ0n) is 10.7. The summed E-state index contributed by atoms with van der Waals surface area (Å²) in [7, 11) is 3.23. The lowest BCUT2D eigenvalue weighted by molar-refractivity contribution is 0.0824. The van der Waals surface area contributed by atoms with Gasteiger partial charge in [0.2, 0.25) is 0 Å². The maximum absolute atomic E-state index is 12.9. The molecule has 0 bridgehead atoms. The predicted octanol–water partition coefficient (Wildman–Crippen LogP) is 2.90. The van der Waals surface area contributed by atoms with Gasteiger partial charge in [-0.3, -0.25) is 4.79 Å². The second-order valence-corrected chi connectivity index (χ2v) is 4.44. The molecule has 4 heteroatoms. The summed E-state index contributed by atoms with van der Waals surface area (Å²) in [6, 6.07) is 10.7. The Balaban J connectivity index is 2.46. The van der Waals surface area contributed by atoms with Crippen molar-refractivity contribution in [2.75, 3.05) is 14.1 Å². The molecule has 2 aromatic rings. The summed E-state index contributed by atoms with van der Waals surface area (Å²) in [6.07, 6.45) is 0. The minimum Gasteiger partial charge on any atom is -0.507 e. The van der Waals surface area contributed by atoms with E-state index in [1.165, 1.54) is 23.1 Å². The molecule has 98 valence electrons. The first-order chi connectivity index (χ1) is 8.99. The van der Waals surface area contributed by atoms with E-state index < -0.39 is 0 Å². The van der Waals surface area contributed by atoms with E-state index in [-0.39, 0.29) is 23.0 Å². The van der Waals surface area contributed by atoms with Crippen molar-refractivity contribution in [3.05, 3.63) is 53.8 Å². The molecule has 0 spiro atoms. The van der Waals surface area contributed by atoms with E-state index >= 15 is 0 Å². The van der Waals surface area contributed by atoms with E-state index in [1.54, 1.807) is 38.4 Å². The number of phenols is 1. The number of halogens is 1. The molecule has 0 saturated heterocycles. The zero-order chi connectivity index (χ0) is 14.0. The van der Waals surface area contributed by atoms with Gasteiger partial charge in [-0.1, -0.05) is 18.2 Å². The number of amides is 1. The normalized spacial score (nSPS) is 10.3. The van der Waals surface area contributed by atoms with E-state index in [0.717, 1.165) is 11.1 Å². The average molecular weight is 259 g/mol. The maximum atomic E-state index is 12.9. The quantitative estimate of drug-likeness (QED) is 0.900. The SMILES string of the molecule is CN(C)C(=O)c1cc(-c2ccc(F)cc2)ccc1O. The first-order valence-corrected chi connectivity index (χ1v) is 5.79. The van der Waals surface area contributed by atoms with Crippen molar-refractivity contribution in [1.29, 1.82) is 0 Å². The van der Waals surface area contributed by atoms with Crippen molar-refractivity contribution in [2.45, 2.75) is 0 Å². The van der Waals surface area contributed by atoms with E-state index in [9.17, 15) is 14.3 Å². The Labute approximate surface area is 110 Å². The molecule has 0 aromatic heterocycles. The Morgan fingerprint density at radius 2 is 1.63 bits per heavy atom. The Bertz CT molecular complexity index is 606. The third-order valence-corrected chi connectivity index (χ3v) is 2.81. The molecule has 1 N–H and O–H groups in total. The van der Waals surface area contributed by atoms with Crippen LogP contribution in [0.1, 0.15) is 10.4 Å². The molecule has 0 saturated carbocycles. The van der Waals surface area contributed by atoms with Crippen LogP contribution >= 0.6 is 0 Å². The second-order valence-electron chi connectivity index (χ2n) is 4.44. The summed E-state index contributed by atoms with van der Waals surface area (Å²) in [5, 5.41) is 9.74. The van der Waals surface area contributed by atoms with Crippen LogP contribution in [0, 0.1) is 5.82 Å². The Kier molecular flexibility index (Phi) is 3.51. The van der Waals surface area contributed by atoms with Crippen molar-refractivity contribution in [3.8, 4) is 16.9 Å². The van der Waals surface area contributed by atoms with E-state index in [0.29, 0.717) is 0 Å². The Hall–Kier alpha value is -2.36. The van der Waals surface area contributed by atoms with Crippen molar-refractivity contribution >= 4 is 5.91 Å². The summed E-state index contributed by atoms with van der Waals surface area (Å²) in [5.74, 6) is -0.654. The Morgan fingerprint density at radius 3 is 2.21 bits per heavy atom. The maximum Gasteiger partial charge on any atom is 0.257 e. The van der Waals surface area contributed by atoms with Gasteiger partial charge in [-0.2, -0.15) is 0 Å².